The Morgan fingerprint density at radius 3 is 1.18 bits per heavy atom. The lowest BCUT2D eigenvalue weighted by molar-refractivity contribution is -0.139. The van der Waals surface area contributed by atoms with Crippen LogP contribution in [0.4, 0.5) is 11.4 Å². The van der Waals surface area contributed by atoms with E-state index in [2.05, 4.69) is 10.6 Å². The van der Waals surface area contributed by atoms with Crippen LogP contribution in [0.25, 0.3) is 0 Å². The van der Waals surface area contributed by atoms with Gasteiger partial charge >= 0.3 is 11.9 Å². The van der Waals surface area contributed by atoms with Crippen molar-refractivity contribution in [2.24, 2.45) is 0 Å². The average Bonchev–Trinajstić information content (AvgIpc) is 3.07. The topological polar surface area (TPSA) is 225 Å². The molecule has 262 valence electrons. The Bertz CT molecular complexity index is 1970. The minimum absolute atomic E-state index is 0.177. The summed E-state index contributed by atoms with van der Waals surface area (Å²) < 4.78 is 53.9. The molecule has 4 aromatic carbocycles. The second-order valence-electron chi connectivity index (χ2n) is 10.5. The number of aliphatic carboxylic acids is 2. The molecule has 0 fully saturated rings. The third-order valence-electron chi connectivity index (χ3n) is 6.73. The molecule has 14 nitrogen and oxygen atoms in total. The molecule has 4 aromatic rings. The monoisotopic (exact) mass is 758 g/mol. The maximum atomic E-state index is 13.2. The fourth-order valence-electron chi connectivity index (χ4n) is 4.08. The van der Waals surface area contributed by atoms with Gasteiger partial charge in [0.25, 0.3) is 11.8 Å². The van der Waals surface area contributed by atoms with Crippen molar-refractivity contribution in [2.45, 2.75) is 45.5 Å². The normalized spacial score (nSPS) is 12.8. The summed E-state index contributed by atoms with van der Waals surface area (Å²) in [5.41, 5.74) is 1.21. The van der Waals surface area contributed by atoms with Crippen molar-refractivity contribution in [2.75, 3.05) is 10.6 Å². The highest BCUT2D eigenvalue weighted by Gasteiger charge is 2.23. The standard InChI is InChI=1S/C32H30N4O10S4/c1-19(31(39)40)35-49(43,44)23-15-11-21(12-16-23)33-29(37)25-7-3-5-9-27(25)47-48-28-10-6-4-8-26(28)30(38)34-22-13-17-24(18-14-22)50(45,46)36-20(2)32(41)42/h3-20,35-36H,1-2H3,(H,33,37)(H,34,38)(H,39,40)(H,41,42)/t19-,20?/m0/s1. The summed E-state index contributed by atoms with van der Waals surface area (Å²) in [5, 5.41) is 23.4. The number of amides is 2. The van der Waals surface area contributed by atoms with Gasteiger partial charge < -0.3 is 20.8 Å². The lowest BCUT2D eigenvalue weighted by Crippen LogP contribution is -2.38. The van der Waals surface area contributed by atoms with E-state index in [1.807, 2.05) is 9.44 Å². The number of sulfonamides is 2. The first-order valence-corrected chi connectivity index (χ1v) is 19.5. The zero-order valence-corrected chi connectivity index (χ0v) is 29.5. The molecule has 0 heterocycles. The first kappa shape index (κ1) is 38.1. The van der Waals surface area contributed by atoms with Crippen LogP contribution in [-0.4, -0.2) is 62.9 Å². The first-order valence-electron chi connectivity index (χ1n) is 14.4. The Kier molecular flexibility index (Phi) is 12.4. The van der Waals surface area contributed by atoms with Gasteiger partial charge in [-0.2, -0.15) is 9.44 Å². The van der Waals surface area contributed by atoms with E-state index >= 15 is 0 Å². The van der Waals surface area contributed by atoms with E-state index in [1.54, 1.807) is 48.5 Å². The van der Waals surface area contributed by atoms with E-state index in [9.17, 15) is 36.0 Å². The zero-order chi connectivity index (χ0) is 36.6. The molecule has 18 heteroatoms. The molecule has 0 saturated carbocycles. The van der Waals surface area contributed by atoms with Gasteiger partial charge in [-0.1, -0.05) is 45.9 Å². The summed E-state index contributed by atoms with van der Waals surface area (Å²) in [6.07, 6.45) is 0. The molecule has 2 atom stereocenters. The van der Waals surface area contributed by atoms with Crippen molar-refractivity contribution in [3.8, 4) is 0 Å². The van der Waals surface area contributed by atoms with Gasteiger partial charge in [0, 0.05) is 21.2 Å². The summed E-state index contributed by atoms with van der Waals surface area (Å²) in [7, 11) is -5.75. The second kappa shape index (κ2) is 16.3. The number of carboxylic acids is 2. The molecule has 2 amide bonds. The number of carbonyl (C=O) groups is 4. The summed E-state index contributed by atoms with van der Waals surface area (Å²) in [5.74, 6) is -3.62. The SMILES string of the molecule is CC(NS(=O)(=O)c1ccc(NC(=O)c2ccccc2SSc2ccccc2C(=O)Nc2ccc(S(=O)(=O)N[C@@H](C)C(=O)O)cc2)cc1)C(=O)O. The highest BCUT2D eigenvalue weighted by molar-refractivity contribution is 8.76. The number of nitrogens with one attached hydrogen (secondary N) is 4. The van der Waals surface area contributed by atoms with Crippen molar-refractivity contribution in [3.05, 3.63) is 108 Å². The summed E-state index contributed by atoms with van der Waals surface area (Å²) in [6, 6.07) is 21.3. The fraction of sp³-hybridized carbons (Fsp3) is 0.125. The number of benzene rings is 4. The Hall–Kier alpha value is -4.72. The molecule has 0 aliphatic carbocycles. The highest BCUT2D eigenvalue weighted by atomic mass is 33.1. The van der Waals surface area contributed by atoms with E-state index in [-0.39, 0.29) is 9.79 Å². The van der Waals surface area contributed by atoms with Crippen molar-refractivity contribution in [1.29, 1.82) is 0 Å². The van der Waals surface area contributed by atoms with Crippen LogP contribution >= 0.6 is 21.6 Å². The smallest absolute Gasteiger partial charge is 0.321 e. The predicted molar refractivity (Wildman–Crippen MR) is 188 cm³/mol. The summed E-state index contributed by atoms with van der Waals surface area (Å²) >= 11 is 0. The fourth-order valence-corrected chi connectivity index (χ4v) is 8.83. The van der Waals surface area contributed by atoms with Gasteiger partial charge in [-0.3, -0.25) is 19.2 Å². The first-order chi connectivity index (χ1) is 23.6. The number of hydrogen-bond donors (Lipinski definition) is 6. The van der Waals surface area contributed by atoms with E-state index in [4.69, 9.17) is 10.2 Å². The predicted octanol–water partition coefficient (Wildman–Crippen LogP) is 4.49. The van der Waals surface area contributed by atoms with E-state index in [0.29, 0.717) is 32.3 Å². The Morgan fingerprint density at radius 1 is 0.540 bits per heavy atom. The van der Waals surface area contributed by atoms with Gasteiger partial charge in [-0.25, -0.2) is 16.8 Å². The molecule has 6 N–H and O–H groups in total. The van der Waals surface area contributed by atoms with E-state index in [0.717, 1.165) is 0 Å². The molecular weight excluding hydrogens is 729 g/mol. The molecule has 4 rings (SSSR count). The van der Waals surface area contributed by atoms with Crippen molar-refractivity contribution in [3.63, 3.8) is 0 Å². The largest absolute Gasteiger partial charge is 0.480 e. The molecule has 50 heavy (non-hydrogen) atoms. The zero-order valence-electron chi connectivity index (χ0n) is 26.2. The van der Waals surface area contributed by atoms with Gasteiger partial charge in [-0.05, 0) is 86.6 Å². The molecule has 0 aliphatic heterocycles. The number of anilines is 2. The van der Waals surface area contributed by atoms with Crippen LogP contribution in [0.3, 0.4) is 0 Å². The van der Waals surface area contributed by atoms with Gasteiger partial charge in [-0.15, -0.1) is 0 Å². The maximum absolute atomic E-state index is 13.2. The molecule has 0 saturated heterocycles. The molecule has 0 bridgehead atoms. The van der Waals surface area contributed by atoms with Gasteiger partial charge in [0.15, 0.2) is 0 Å². The Morgan fingerprint density at radius 2 is 0.860 bits per heavy atom. The minimum Gasteiger partial charge on any atom is -0.480 e. The molecule has 0 spiro atoms. The highest BCUT2D eigenvalue weighted by Crippen LogP contribution is 2.40. The van der Waals surface area contributed by atoms with Crippen molar-refractivity contribution in [1.82, 2.24) is 9.44 Å². The number of hydrogen-bond acceptors (Lipinski definition) is 10. The number of carbonyl (C=O) groups excluding carboxylic acids is 2. The van der Waals surface area contributed by atoms with Crippen LogP contribution in [0, 0.1) is 0 Å². The Labute approximate surface area is 295 Å². The van der Waals surface area contributed by atoms with Crippen LogP contribution in [0.5, 0.6) is 0 Å². The Balaban J connectivity index is 1.42. The quantitative estimate of drug-likeness (QED) is 0.0923. The third-order valence-corrected chi connectivity index (χ3v) is 12.3. The second-order valence-corrected chi connectivity index (χ2v) is 16.1. The van der Waals surface area contributed by atoms with Gasteiger partial charge in [0.05, 0.1) is 20.9 Å². The van der Waals surface area contributed by atoms with Crippen LogP contribution in [-0.2, 0) is 29.6 Å². The van der Waals surface area contributed by atoms with Crippen LogP contribution < -0.4 is 20.1 Å². The lowest BCUT2D eigenvalue weighted by Gasteiger charge is -2.13. The average molecular weight is 759 g/mol. The van der Waals surface area contributed by atoms with Crippen molar-refractivity contribution < 1.29 is 46.2 Å². The van der Waals surface area contributed by atoms with Gasteiger partial charge in [0.1, 0.15) is 12.1 Å². The number of rotatable bonds is 15. The van der Waals surface area contributed by atoms with Crippen molar-refractivity contribution >= 4 is 76.8 Å². The van der Waals surface area contributed by atoms with E-state index in [1.165, 1.54) is 84.0 Å². The summed E-state index contributed by atoms with van der Waals surface area (Å²) in [4.78, 5) is 49.3. The molecule has 1 unspecified atom stereocenters. The van der Waals surface area contributed by atoms with Gasteiger partial charge in [0.2, 0.25) is 20.0 Å². The van der Waals surface area contributed by atoms with E-state index < -0.39 is 55.9 Å². The third kappa shape index (κ3) is 9.93. The van der Waals surface area contributed by atoms with Crippen LogP contribution in [0.1, 0.15) is 34.6 Å². The molecule has 0 aliphatic rings. The lowest BCUT2D eigenvalue weighted by atomic mass is 10.2. The summed E-state index contributed by atoms with van der Waals surface area (Å²) in [6.45, 7) is 2.39. The van der Waals surface area contributed by atoms with Crippen LogP contribution in [0.15, 0.2) is 117 Å². The maximum Gasteiger partial charge on any atom is 0.321 e. The molecular formula is C32H30N4O10S4. The number of carboxylic acid groups (broad SMARTS) is 2. The van der Waals surface area contributed by atoms with Crippen LogP contribution in [0.2, 0.25) is 0 Å². The molecule has 0 aromatic heterocycles. The molecule has 0 radical (unpaired) electrons. The minimum atomic E-state index is -4.10.